The third-order valence-electron chi connectivity index (χ3n) is 6.39. The second-order valence-electron chi connectivity index (χ2n) is 7.79. The third kappa shape index (κ3) is 3.21. The molecule has 1 aliphatic heterocycles. The van der Waals surface area contributed by atoms with Crippen molar-refractivity contribution in [2.75, 3.05) is 26.2 Å². The maximum atomic E-state index is 13.6. The first kappa shape index (κ1) is 17.8. The normalized spacial score (nSPS) is 32.2. The van der Waals surface area contributed by atoms with Gasteiger partial charge in [-0.2, -0.15) is 0 Å². The number of nitrogens with one attached hydrogen (secondary N) is 1. The van der Waals surface area contributed by atoms with Crippen LogP contribution in [0.1, 0.15) is 37.7 Å². The monoisotopic (exact) mass is 348 g/mol. The van der Waals surface area contributed by atoms with E-state index in [2.05, 4.69) is 40.5 Å². The number of benzene rings is 1. The molecule has 3 fully saturated rings. The molecule has 3 nitrogen and oxygen atoms in total. The Hall–Kier alpha value is -1.06. The lowest BCUT2D eigenvalue weighted by atomic mass is 9.68. The van der Waals surface area contributed by atoms with Crippen molar-refractivity contribution < 1.29 is 4.79 Å². The summed E-state index contributed by atoms with van der Waals surface area (Å²) in [5.74, 6) is 1.85. The minimum atomic E-state index is -0.116. The number of fused-ring (bicyclic) bond motifs is 2. The Bertz CT molecular complexity index is 556. The lowest BCUT2D eigenvalue weighted by Gasteiger charge is -2.40. The van der Waals surface area contributed by atoms with Gasteiger partial charge in [-0.1, -0.05) is 36.8 Å². The third-order valence-corrected chi connectivity index (χ3v) is 6.39. The molecule has 1 heterocycles. The van der Waals surface area contributed by atoms with Gasteiger partial charge in [0.15, 0.2) is 0 Å². The highest BCUT2D eigenvalue weighted by Gasteiger charge is 2.56. The second kappa shape index (κ2) is 7.45. The van der Waals surface area contributed by atoms with Crippen LogP contribution in [0.5, 0.6) is 0 Å². The van der Waals surface area contributed by atoms with E-state index < -0.39 is 0 Å². The smallest absolute Gasteiger partial charge is 0.229 e. The maximum absolute atomic E-state index is 13.6. The van der Waals surface area contributed by atoms with E-state index in [0.29, 0.717) is 11.8 Å². The first-order valence-corrected chi connectivity index (χ1v) is 9.32. The van der Waals surface area contributed by atoms with Crippen molar-refractivity contribution in [2.24, 2.45) is 17.3 Å². The van der Waals surface area contributed by atoms with E-state index >= 15 is 0 Å². The molecule has 1 aromatic carbocycles. The van der Waals surface area contributed by atoms with Crippen LogP contribution in [0.4, 0.5) is 0 Å². The summed E-state index contributed by atoms with van der Waals surface area (Å²) in [7, 11) is 0. The molecule has 1 aromatic rings. The summed E-state index contributed by atoms with van der Waals surface area (Å²) in [6, 6.07) is 10.7. The standard InChI is InChI=1S/C20H28N2O.ClH/c23-19(22-11-4-9-21-10-12-22)20(14-16-5-2-1-3-6-16)15-17-7-8-18(20)13-17;/h1-3,5-6,17-18,21H,4,7-15H2;1H. The van der Waals surface area contributed by atoms with Gasteiger partial charge in [0.05, 0.1) is 5.41 Å². The summed E-state index contributed by atoms with van der Waals surface area (Å²) in [4.78, 5) is 15.7. The predicted octanol–water partition coefficient (Wildman–Crippen LogP) is 3.28. The van der Waals surface area contributed by atoms with Crippen molar-refractivity contribution in [1.82, 2.24) is 10.2 Å². The Labute approximate surface area is 151 Å². The van der Waals surface area contributed by atoms with Crippen LogP contribution in [-0.2, 0) is 11.2 Å². The molecule has 2 bridgehead atoms. The van der Waals surface area contributed by atoms with E-state index in [0.717, 1.165) is 51.4 Å². The Morgan fingerprint density at radius 2 is 2.00 bits per heavy atom. The summed E-state index contributed by atoms with van der Waals surface area (Å²) in [6.45, 7) is 3.80. The minimum absolute atomic E-state index is 0. The largest absolute Gasteiger partial charge is 0.341 e. The first-order chi connectivity index (χ1) is 11.3. The molecule has 2 aliphatic carbocycles. The van der Waals surface area contributed by atoms with Crippen LogP contribution >= 0.6 is 12.4 Å². The van der Waals surface area contributed by atoms with Gasteiger partial charge in [0.2, 0.25) is 5.91 Å². The summed E-state index contributed by atoms with van der Waals surface area (Å²) < 4.78 is 0. The number of halogens is 1. The molecule has 132 valence electrons. The number of hydrogen-bond donors (Lipinski definition) is 1. The molecule has 1 saturated heterocycles. The van der Waals surface area contributed by atoms with Crippen LogP contribution in [0.25, 0.3) is 0 Å². The van der Waals surface area contributed by atoms with Crippen LogP contribution in [0.15, 0.2) is 30.3 Å². The highest BCUT2D eigenvalue weighted by molar-refractivity contribution is 5.85. The molecule has 2 saturated carbocycles. The quantitative estimate of drug-likeness (QED) is 0.909. The zero-order chi connectivity index (χ0) is 15.7. The SMILES string of the molecule is Cl.O=C(N1CCCNCC1)C1(Cc2ccccc2)CC2CCC1C2. The van der Waals surface area contributed by atoms with Gasteiger partial charge in [0.25, 0.3) is 0 Å². The van der Waals surface area contributed by atoms with Gasteiger partial charge in [-0.3, -0.25) is 4.79 Å². The van der Waals surface area contributed by atoms with E-state index in [9.17, 15) is 4.79 Å². The number of hydrogen-bond acceptors (Lipinski definition) is 2. The van der Waals surface area contributed by atoms with Crippen LogP contribution in [0.3, 0.4) is 0 Å². The molecule has 3 unspecified atom stereocenters. The fourth-order valence-corrected chi connectivity index (χ4v) is 5.32. The molecule has 4 heteroatoms. The van der Waals surface area contributed by atoms with E-state index in [1.54, 1.807) is 0 Å². The van der Waals surface area contributed by atoms with Crippen molar-refractivity contribution in [3.8, 4) is 0 Å². The Kier molecular flexibility index (Phi) is 5.51. The summed E-state index contributed by atoms with van der Waals surface area (Å²) >= 11 is 0. The van der Waals surface area contributed by atoms with Gasteiger partial charge in [-0.25, -0.2) is 0 Å². The predicted molar refractivity (Wildman–Crippen MR) is 99.3 cm³/mol. The van der Waals surface area contributed by atoms with Crippen molar-refractivity contribution in [2.45, 2.75) is 38.5 Å². The Morgan fingerprint density at radius 3 is 2.71 bits per heavy atom. The Balaban J connectivity index is 0.00000169. The van der Waals surface area contributed by atoms with Gasteiger partial charge in [0, 0.05) is 19.6 Å². The van der Waals surface area contributed by atoms with Crippen LogP contribution < -0.4 is 5.32 Å². The van der Waals surface area contributed by atoms with Crippen molar-refractivity contribution in [3.05, 3.63) is 35.9 Å². The molecule has 0 aromatic heterocycles. The molecule has 1 amide bonds. The summed E-state index contributed by atoms with van der Waals surface area (Å²) in [5.41, 5.74) is 1.22. The van der Waals surface area contributed by atoms with Gasteiger partial charge in [-0.15, -0.1) is 12.4 Å². The van der Waals surface area contributed by atoms with Crippen LogP contribution in [-0.4, -0.2) is 37.0 Å². The van der Waals surface area contributed by atoms with Crippen molar-refractivity contribution >= 4 is 18.3 Å². The van der Waals surface area contributed by atoms with Gasteiger partial charge in [-0.05, 0) is 56.0 Å². The van der Waals surface area contributed by atoms with E-state index in [1.165, 1.54) is 24.8 Å². The van der Waals surface area contributed by atoms with E-state index in [-0.39, 0.29) is 17.8 Å². The lowest BCUT2D eigenvalue weighted by Crippen LogP contribution is -2.49. The van der Waals surface area contributed by atoms with Gasteiger partial charge in [0.1, 0.15) is 0 Å². The average molecular weight is 349 g/mol. The molecule has 3 aliphatic rings. The fourth-order valence-electron chi connectivity index (χ4n) is 5.32. The Morgan fingerprint density at radius 1 is 1.17 bits per heavy atom. The number of carbonyl (C=O) groups excluding carboxylic acids is 1. The molecule has 4 rings (SSSR count). The zero-order valence-electron chi connectivity index (χ0n) is 14.4. The molecule has 0 spiro atoms. The van der Waals surface area contributed by atoms with Crippen LogP contribution in [0.2, 0.25) is 0 Å². The van der Waals surface area contributed by atoms with Crippen molar-refractivity contribution in [1.29, 1.82) is 0 Å². The summed E-state index contributed by atoms with van der Waals surface area (Å²) in [6.07, 6.45) is 7.03. The zero-order valence-corrected chi connectivity index (χ0v) is 15.2. The van der Waals surface area contributed by atoms with Gasteiger partial charge < -0.3 is 10.2 Å². The number of rotatable bonds is 3. The maximum Gasteiger partial charge on any atom is 0.229 e. The summed E-state index contributed by atoms with van der Waals surface area (Å²) in [5, 5.41) is 3.42. The van der Waals surface area contributed by atoms with E-state index in [4.69, 9.17) is 0 Å². The average Bonchev–Trinajstić information content (AvgIpc) is 3.07. The number of carbonyl (C=O) groups is 1. The number of amides is 1. The molecular formula is C20H29ClN2O. The highest BCUT2D eigenvalue weighted by Crippen LogP contribution is 2.58. The van der Waals surface area contributed by atoms with Crippen molar-refractivity contribution in [3.63, 3.8) is 0 Å². The number of nitrogens with zero attached hydrogens (tertiary/aromatic N) is 1. The van der Waals surface area contributed by atoms with Gasteiger partial charge >= 0.3 is 0 Å². The molecule has 1 N–H and O–H groups in total. The van der Waals surface area contributed by atoms with E-state index in [1.807, 2.05) is 0 Å². The topological polar surface area (TPSA) is 32.3 Å². The highest BCUT2D eigenvalue weighted by atomic mass is 35.5. The molecule has 24 heavy (non-hydrogen) atoms. The molecule has 3 atom stereocenters. The second-order valence-corrected chi connectivity index (χ2v) is 7.79. The first-order valence-electron chi connectivity index (χ1n) is 9.32. The minimum Gasteiger partial charge on any atom is -0.341 e. The lowest BCUT2D eigenvalue weighted by molar-refractivity contribution is -0.145. The fraction of sp³-hybridized carbons (Fsp3) is 0.650. The molecule has 0 radical (unpaired) electrons. The molecular weight excluding hydrogens is 320 g/mol. The van der Waals surface area contributed by atoms with Crippen LogP contribution in [0, 0.1) is 17.3 Å².